The van der Waals surface area contributed by atoms with E-state index in [-0.39, 0.29) is 22.2 Å². The molecular weight excluding hydrogens is 298 g/mol. The second kappa shape index (κ2) is 5.28. The van der Waals surface area contributed by atoms with Gasteiger partial charge in [0.05, 0.1) is 18.4 Å². The lowest BCUT2D eigenvalue weighted by atomic mass is 10.1. The molecule has 2 nitrogen and oxygen atoms in total. The Morgan fingerprint density at radius 3 is 2.40 bits per heavy atom. The first-order valence-electron chi connectivity index (χ1n) is 5.40. The van der Waals surface area contributed by atoms with Crippen LogP contribution >= 0.6 is 11.6 Å². The topological polar surface area (TPSA) is 22.1 Å². The number of pyridine rings is 1. The van der Waals surface area contributed by atoms with Gasteiger partial charge in [-0.1, -0.05) is 11.6 Å². The van der Waals surface area contributed by atoms with Gasteiger partial charge in [-0.3, -0.25) is 0 Å². The number of hydrogen-bond donors (Lipinski definition) is 0. The van der Waals surface area contributed by atoms with Crippen molar-refractivity contribution in [2.45, 2.75) is 6.18 Å². The third kappa shape index (κ3) is 3.01. The minimum absolute atomic E-state index is 0.0844. The van der Waals surface area contributed by atoms with Gasteiger partial charge in [0.15, 0.2) is 0 Å². The maximum Gasteiger partial charge on any atom is 0.416 e. The van der Waals surface area contributed by atoms with E-state index < -0.39 is 17.6 Å². The molecule has 2 rings (SSSR count). The number of benzene rings is 1. The Balaban J connectivity index is 2.55. The van der Waals surface area contributed by atoms with E-state index in [4.69, 9.17) is 16.3 Å². The summed E-state index contributed by atoms with van der Waals surface area (Å²) in [5, 5.41) is -0.356. The van der Waals surface area contributed by atoms with E-state index in [2.05, 4.69) is 4.98 Å². The van der Waals surface area contributed by atoms with E-state index >= 15 is 0 Å². The third-order valence-electron chi connectivity index (χ3n) is 2.57. The van der Waals surface area contributed by atoms with Crippen LogP contribution in [0.5, 0.6) is 5.75 Å². The zero-order valence-electron chi connectivity index (χ0n) is 10.1. The summed E-state index contributed by atoms with van der Waals surface area (Å²) in [4.78, 5) is 3.72. The highest BCUT2D eigenvalue weighted by Gasteiger charge is 2.31. The Morgan fingerprint density at radius 2 is 1.85 bits per heavy atom. The van der Waals surface area contributed by atoms with Crippen LogP contribution in [0.3, 0.4) is 0 Å². The molecule has 0 bridgehead atoms. The molecule has 2 aromatic rings. The molecule has 7 heteroatoms. The molecule has 0 aliphatic rings. The van der Waals surface area contributed by atoms with Crippen LogP contribution in [0.1, 0.15) is 5.56 Å². The first-order valence-corrected chi connectivity index (χ1v) is 5.78. The Kier molecular flexibility index (Phi) is 3.85. The highest BCUT2D eigenvalue weighted by atomic mass is 35.5. The summed E-state index contributed by atoms with van der Waals surface area (Å²) in [7, 11) is 1.35. The highest BCUT2D eigenvalue weighted by molar-refractivity contribution is 6.29. The second-order valence-corrected chi connectivity index (χ2v) is 4.29. The van der Waals surface area contributed by atoms with E-state index in [0.29, 0.717) is 6.07 Å². The first-order chi connectivity index (χ1) is 9.31. The number of ether oxygens (including phenoxy) is 1. The van der Waals surface area contributed by atoms with Gasteiger partial charge >= 0.3 is 6.18 Å². The van der Waals surface area contributed by atoms with Gasteiger partial charge in [-0.15, -0.1) is 0 Å². The molecule has 0 aliphatic heterocycles. The van der Waals surface area contributed by atoms with Gasteiger partial charge in [0, 0.05) is 11.6 Å². The molecule has 0 saturated heterocycles. The van der Waals surface area contributed by atoms with Crippen LogP contribution in [-0.2, 0) is 6.18 Å². The second-order valence-electron chi connectivity index (χ2n) is 3.91. The molecule has 1 heterocycles. The van der Waals surface area contributed by atoms with Crippen molar-refractivity contribution in [3.63, 3.8) is 0 Å². The van der Waals surface area contributed by atoms with Gasteiger partial charge in [0.1, 0.15) is 16.7 Å². The number of alkyl halides is 3. The summed E-state index contributed by atoms with van der Waals surface area (Å²) in [5.41, 5.74) is -1.26. The van der Waals surface area contributed by atoms with E-state index in [0.717, 1.165) is 12.1 Å². The maximum atomic E-state index is 13.8. The number of hydrogen-bond acceptors (Lipinski definition) is 2. The van der Waals surface area contributed by atoms with Crippen LogP contribution in [0.4, 0.5) is 17.6 Å². The highest BCUT2D eigenvalue weighted by Crippen LogP contribution is 2.34. The summed E-state index contributed by atoms with van der Waals surface area (Å²) in [6, 6.07) is 5.20. The van der Waals surface area contributed by atoms with Crippen LogP contribution in [0.25, 0.3) is 11.3 Å². The minimum atomic E-state index is -4.58. The van der Waals surface area contributed by atoms with Gasteiger partial charge in [-0.05, 0) is 24.3 Å². The van der Waals surface area contributed by atoms with Gasteiger partial charge in [-0.2, -0.15) is 13.2 Å². The minimum Gasteiger partial charge on any atom is -0.497 e. The first kappa shape index (κ1) is 14.6. The molecule has 0 aliphatic carbocycles. The lowest BCUT2D eigenvalue weighted by molar-refractivity contribution is -0.137. The van der Waals surface area contributed by atoms with Crippen molar-refractivity contribution in [1.29, 1.82) is 0 Å². The Bertz CT molecular complexity index is 643. The van der Waals surface area contributed by atoms with Crippen molar-refractivity contribution in [2.24, 2.45) is 0 Å². The number of methoxy groups -OCH3 is 1. The van der Waals surface area contributed by atoms with Crippen molar-refractivity contribution >= 4 is 11.6 Å². The molecule has 0 N–H and O–H groups in total. The number of nitrogens with zero attached hydrogens (tertiary/aromatic N) is 1. The SMILES string of the molecule is COc1ccc(-c2cc(C(F)(F)F)cc(Cl)n2)c(F)c1. The molecule has 20 heavy (non-hydrogen) atoms. The van der Waals surface area contributed by atoms with Crippen molar-refractivity contribution in [2.75, 3.05) is 7.11 Å². The summed E-state index contributed by atoms with van der Waals surface area (Å²) in [6.07, 6.45) is -4.58. The van der Waals surface area contributed by atoms with E-state index in [1.54, 1.807) is 0 Å². The van der Waals surface area contributed by atoms with Crippen LogP contribution in [0.2, 0.25) is 5.15 Å². The zero-order valence-corrected chi connectivity index (χ0v) is 10.9. The predicted molar refractivity (Wildman–Crippen MR) is 66.2 cm³/mol. The largest absolute Gasteiger partial charge is 0.497 e. The standard InChI is InChI=1S/C13H8ClF4NO/c1-20-8-2-3-9(10(15)6-8)11-4-7(13(16,17)18)5-12(14)19-11/h2-6H,1H3. The number of halogens is 5. The Morgan fingerprint density at radius 1 is 1.15 bits per heavy atom. The molecule has 1 aromatic heterocycles. The fraction of sp³-hybridized carbons (Fsp3) is 0.154. The molecular formula is C13H8ClF4NO. The normalized spacial score (nSPS) is 11.5. The zero-order chi connectivity index (χ0) is 14.9. The van der Waals surface area contributed by atoms with Crippen LogP contribution in [0, 0.1) is 5.82 Å². The summed E-state index contributed by atoms with van der Waals surface area (Å²) < 4.78 is 56.7. The van der Waals surface area contributed by atoms with E-state index in [1.165, 1.54) is 19.2 Å². The monoisotopic (exact) mass is 305 g/mol. The van der Waals surface area contributed by atoms with Crippen molar-refractivity contribution in [3.05, 3.63) is 46.9 Å². The molecule has 0 amide bonds. The third-order valence-corrected chi connectivity index (χ3v) is 2.77. The number of rotatable bonds is 2. The fourth-order valence-corrected chi connectivity index (χ4v) is 1.84. The molecule has 1 aromatic carbocycles. The van der Waals surface area contributed by atoms with Gasteiger partial charge in [0.25, 0.3) is 0 Å². The average Bonchev–Trinajstić information content (AvgIpc) is 2.36. The quantitative estimate of drug-likeness (QED) is 0.599. The van der Waals surface area contributed by atoms with Crippen LogP contribution < -0.4 is 4.74 Å². The van der Waals surface area contributed by atoms with Gasteiger partial charge < -0.3 is 4.74 Å². The van der Waals surface area contributed by atoms with Crippen molar-refractivity contribution in [1.82, 2.24) is 4.98 Å². The average molecular weight is 306 g/mol. The predicted octanol–water partition coefficient (Wildman–Crippen LogP) is 4.57. The maximum absolute atomic E-state index is 13.8. The molecule has 0 spiro atoms. The lowest BCUT2D eigenvalue weighted by Gasteiger charge is -2.10. The van der Waals surface area contributed by atoms with Crippen molar-refractivity contribution in [3.8, 4) is 17.0 Å². The molecule has 0 radical (unpaired) electrons. The lowest BCUT2D eigenvalue weighted by Crippen LogP contribution is -2.06. The van der Waals surface area contributed by atoms with Crippen molar-refractivity contribution < 1.29 is 22.3 Å². The molecule has 0 atom stereocenters. The summed E-state index contributed by atoms with van der Waals surface area (Å²) in [5.74, 6) is -0.489. The number of aromatic nitrogens is 1. The fourth-order valence-electron chi connectivity index (χ4n) is 1.63. The molecule has 0 fully saturated rings. The Hall–Kier alpha value is -1.82. The van der Waals surface area contributed by atoms with E-state index in [9.17, 15) is 17.6 Å². The molecule has 0 saturated carbocycles. The summed E-state index contributed by atoms with van der Waals surface area (Å²) in [6.45, 7) is 0. The van der Waals surface area contributed by atoms with Crippen LogP contribution in [-0.4, -0.2) is 12.1 Å². The molecule has 0 unspecified atom stereocenters. The smallest absolute Gasteiger partial charge is 0.416 e. The van der Waals surface area contributed by atoms with E-state index in [1.807, 2.05) is 0 Å². The van der Waals surface area contributed by atoms with Crippen LogP contribution in [0.15, 0.2) is 30.3 Å². The van der Waals surface area contributed by atoms with Gasteiger partial charge in [0.2, 0.25) is 0 Å². The Labute approximate surface area is 117 Å². The van der Waals surface area contributed by atoms with Gasteiger partial charge in [-0.25, -0.2) is 9.37 Å². The summed E-state index contributed by atoms with van der Waals surface area (Å²) >= 11 is 5.56. The molecule has 106 valence electrons.